The number of amides is 1. The summed E-state index contributed by atoms with van der Waals surface area (Å²) in [5.74, 6) is 0.310. The van der Waals surface area contributed by atoms with Crippen LogP contribution in [0.1, 0.15) is 17.5 Å². The van der Waals surface area contributed by atoms with Gasteiger partial charge in [0.15, 0.2) is 6.10 Å². The first-order valence-corrected chi connectivity index (χ1v) is 8.21. The maximum atomic E-state index is 12.3. The van der Waals surface area contributed by atoms with Crippen LogP contribution in [0.3, 0.4) is 0 Å². The third-order valence-electron chi connectivity index (χ3n) is 3.43. The average molecular weight is 337 g/mol. The van der Waals surface area contributed by atoms with Gasteiger partial charge in [0.25, 0.3) is 5.91 Å². The van der Waals surface area contributed by atoms with Gasteiger partial charge in [-0.2, -0.15) is 5.26 Å². The SMILES string of the molecule is Cc1nc2ccc(NC(=O)C(C)Oc3ccc(C#N)cc3)cc2s1. The van der Waals surface area contributed by atoms with Crippen LogP contribution in [0, 0.1) is 18.3 Å². The van der Waals surface area contributed by atoms with Gasteiger partial charge >= 0.3 is 0 Å². The van der Waals surface area contributed by atoms with Crippen LogP contribution in [0.4, 0.5) is 5.69 Å². The number of aryl methyl sites for hydroxylation is 1. The van der Waals surface area contributed by atoms with Gasteiger partial charge in [-0.05, 0) is 56.3 Å². The molecule has 3 aromatic rings. The number of benzene rings is 2. The molecule has 5 nitrogen and oxygen atoms in total. The molecule has 0 fully saturated rings. The number of ether oxygens (including phenoxy) is 1. The van der Waals surface area contributed by atoms with E-state index in [1.54, 1.807) is 42.5 Å². The van der Waals surface area contributed by atoms with Crippen LogP contribution in [0.2, 0.25) is 0 Å². The summed E-state index contributed by atoms with van der Waals surface area (Å²) in [4.78, 5) is 16.7. The second-order valence-electron chi connectivity index (χ2n) is 5.30. The molecule has 0 aliphatic carbocycles. The van der Waals surface area contributed by atoms with Gasteiger partial charge in [0.05, 0.1) is 26.9 Å². The lowest BCUT2D eigenvalue weighted by Gasteiger charge is -2.14. The molecule has 0 bridgehead atoms. The Labute approximate surface area is 143 Å². The summed E-state index contributed by atoms with van der Waals surface area (Å²) in [5.41, 5.74) is 2.19. The zero-order chi connectivity index (χ0) is 17.1. The highest BCUT2D eigenvalue weighted by molar-refractivity contribution is 7.18. The molecule has 1 aromatic heterocycles. The van der Waals surface area contributed by atoms with Crippen LogP contribution in [-0.2, 0) is 4.79 Å². The minimum atomic E-state index is -0.656. The highest BCUT2D eigenvalue weighted by Gasteiger charge is 2.15. The Balaban J connectivity index is 1.67. The molecule has 0 radical (unpaired) electrons. The predicted molar refractivity (Wildman–Crippen MR) is 94.2 cm³/mol. The van der Waals surface area contributed by atoms with E-state index >= 15 is 0 Å². The topological polar surface area (TPSA) is 75.0 Å². The van der Waals surface area contributed by atoms with E-state index in [2.05, 4.69) is 10.3 Å². The van der Waals surface area contributed by atoms with Gasteiger partial charge in [0.2, 0.25) is 0 Å². The molecule has 0 saturated carbocycles. The Morgan fingerprint density at radius 3 is 2.75 bits per heavy atom. The van der Waals surface area contributed by atoms with E-state index in [1.807, 2.05) is 31.2 Å². The quantitative estimate of drug-likeness (QED) is 0.784. The van der Waals surface area contributed by atoms with Gasteiger partial charge in [0, 0.05) is 5.69 Å². The van der Waals surface area contributed by atoms with Gasteiger partial charge < -0.3 is 10.1 Å². The lowest BCUT2D eigenvalue weighted by atomic mass is 10.2. The van der Waals surface area contributed by atoms with Crippen molar-refractivity contribution in [2.75, 3.05) is 5.32 Å². The number of rotatable bonds is 4. The van der Waals surface area contributed by atoms with Crippen LogP contribution in [-0.4, -0.2) is 17.0 Å². The van der Waals surface area contributed by atoms with Gasteiger partial charge in [-0.25, -0.2) is 4.98 Å². The number of anilines is 1. The maximum Gasteiger partial charge on any atom is 0.265 e. The Kier molecular flexibility index (Phi) is 4.45. The summed E-state index contributed by atoms with van der Waals surface area (Å²) >= 11 is 1.59. The van der Waals surface area contributed by atoms with Gasteiger partial charge in [-0.1, -0.05) is 0 Å². The first-order valence-electron chi connectivity index (χ1n) is 7.40. The summed E-state index contributed by atoms with van der Waals surface area (Å²) in [6, 6.07) is 14.3. The largest absolute Gasteiger partial charge is 0.481 e. The van der Waals surface area contributed by atoms with Crippen molar-refractivity contribution < 1.29 is 9.53 Å². The highest BCUT2D eigenvalue weighted by atomic mass is 32.1. The zero-order valence-corrected chi connectivity index (χ0v) is 14.1. The van der Waals surface area contributed by atoms with E-state index < -0.39 is 6.10 Å². The first kappa shape index (κ1) is 16.0. The molecule has 0 saturated heterocycles. The molecule has 2 aromatic carbocycles. The molecule has 0 spiro atoms. The minimum Gasteiger partial charge on any atom is -0.481 e. The van der Waals surface area contributed by atoms with Crippen molar-refractivity contribution in [1.29, 1.82) is 5.26 Å². The predicted octanol–water partition coefficient (Wildman–Crippen LogP) is 3.88. The van der Waals surface area contributed by atoms with E-state index in [1.165, 1.54) is 0 Å². The van der Waals surface area contributed by atoms with E-state index in [-0.39, 0.29) is 5.91 Å². The molecule has 1 atom stereocenters. The van der Waals surface area contributed by atoms with Crippen molar-refractivity contribution in [3.63, 3.8) is 0 Å². The van der Waals surface area contributed by atoms with Crippen LogP contribution in [0.25, 0.3) is 10.2 Å². The van der Waals surface area contributed by atoms with Crippen LogP contribution >= 0.6 is 11.3 Å². The maximum absolute atomic E-state index is 12.3. The molecule has 1 unspecified atom stereocenters. The lowest BCUT2D eigenvalue weighted by molar-refractivity contribution is -0.122. The summed E-state index contributed by atoms with van der Waals surface area (Å²) in [7, 11) is 0. The molecule has 6 heteroatoms. The van der Waals surface area contributed by atoms with Crippen molar-refractivity contribution in [1.82, 2.24) is 4.98 Å². The standard InChI is InChI=1S/C18H15N3O2S/c1-11(23-15-6-3-13(10-19)4-7-15)18(22)21-14-5-8-16-17(9-14)24-12(2)20-16/h3-9,11H,1-2H3,(H,21,22). The highest BCUT2D eigenvalue weighted by Crippen LogP contribution is 2.25. The van der Waals surface area contributed by atoms with Crippen LogP contribution in [0.5, 0.6) is 5.75 Å². The minimum absolute atomic E-state index is 0.236. The Hall–Kier alpha value is -2.91. The number of aromatic nitrogens is 1. The van der Waals surface area contributed by atoms with Crippen LogP contribution in [0.15, 0.2) is 42.5 Å². The zero-order valence-electron chi connectivity index (χ0n) is 13.2. The number of fused-ring (bicyclic) bond motifs is 1. The van der Waals surface area contributed by atoms with E-state index in [4.69, 9.17) is 10.00 Å². The van der Waals surface area contributed by atoms with E-state index in [0.717, 1.165) is 15.2 Å². The normalized spacial score (nSPS) is 11.7. The second-order valence-corrected chi connectivity index (χ2v) is 6.54. The monoisotopic (exact) mass is 337 g/mol. The molecule has 24 heavy (non-hydrogen) atoms. The van der Waals surface area contributed by atoms with E-state index in [0.29, 0.717) is 17.0 Å². The van der Waals surface area contributed by atoms with E-state index in [9.17, 15) is 4.79 Å². The van der Waals surface area contributed by atoms with Gasteiger partial charge in [0.1, 0.15) is 5.75 Å². The molecule has 1 heterocycles. The number of thiazole rings is 1. The van der Waals surface area contributed by atoms with Crippen LogP contribution < -0.4 is 10.1 Å². The molecule has 120 valence electrons. The Bertz CT molecular complexity index is 926. The Morgan fingerprint density at radius 1 is 1.29 bits per heavy atom. The van der Waals surface area contributed by atoms with Gasteiger partial charge in [-0.15, -0.1) is 11.3 Å². The first-order chi connectivity index (χ1) is 11.5. The fourth-order valence-electron chi connectivity index (χ4n) is 2.23. The number of nitrogens with one attached hydrogen (secondary N) is 1. The number of carbonyl (C=O) groups is 1. The third-order valence-corrected chi connectivity index (χ3v) is 4.36. The van der Waals surface area contributed by atoms with Gasteiger partial charge in [-0.3, -0.25) is 4.79 Å². The molecular formula is C18H15N3O2S. The number of nitriles is 1. The summed E-state index contributed by atoms with van der Waals surface area (Å²) in [6.45, 7) is 3.64. The average Bonchev–Trinajstić information content (AvgIpc) is 2.94. The fraction of sp³-hybridized carbons (Fsp3) is 0.167. The van der Waals surface area contributed by atoms with Crippen molar-refractivity contribution in [3.8, 4) is 11.8 Å². The number of nitrogens with zero attached hydrogens (tertiary/aromatic N) is 2. The number of hydrogen-bond donors (Lipinski definition) is 1. The summed E-state index contributed by atoms with van der Waals surface area (Å²) < 4.78 is 6.64. The molecular weight excluding hydrogens is 322 g/mol. The lowest BCUT2D eigenvalue weighted by Crippen LogP contribution is -2.30. The van der Waals surface area contributed by atoms with Crippen molar-refractivity contribution in [3.05, 3.63) is 53.0 Å². The molecule has 3 rings (SSSR count). The molecule has 1 N–H and O–H groups in total. The Morgan fingerprint density at radius 2 is 2.04 bits per heavy atom. The van der Waals surface area contributed by atoms with Crippen molar-refractivity contribution in [2.45, 2.75) is 20.0 Å². The number of carbonyl (C=O) groups excluding carboxylic acids is 1. The molecule has 1 amide bonds. The third kappa shape index (κ3) is 3.53. The smallest absolute Gasteiger partial charge is 0.265 e. The second kappa shape index (κ2) is 6.69. The van der Waals surface area contributed by atoms with Crippen molar-refractivity contribution in [2.24, 2.45) is 0 Å². The molecule has 0 aliphatic rings. The number of hydrogen-bond acceptors (Lipinski definition) is 5. The van der Waals surface area contributed by atoms with Crippen molar-refractivity contribution >= 4 is 33.1 Å². The summed E-state index contributed by atoms with van der Waals surface area (Å²) in [5, 5.41) is 12.6. The fourth-order valence-corrected chi connectivity index (χ4v) is 3.09. The molecule has 0 aliphatic heterocycles. The summed E-state index contributed by atoms with van der Waals surface area (Å²) in [6.07, 6.45) is -0.656.